The largest absolute Gasteiger partial charge is 0.456 e. The highest BCUT2D eigenvalue weighted by atomic mass is 32.1. The van der Waals surface area contributed by atoms with Gasteiger partial charge in [0.05, 0.1) is 11.0 Å². The van der Waals surface area contributed by atoms with Crippen LogP contribution in [0.5, 0.6) is 0 Å². The van der Waals surface area contributed by atoms with Crippen molar-refractivity contribution in [3.8, 4) is 39.0 Å². The maximum Gasteiger partial charge on any atom is 0.247 e. The Bertz CT molecular complexity index is 3170. The first-order valence-corrected chi connectivity index (χ1v) is 18.5. The molecule has 0 bridgehead atoms. The van der Waals surface area contributed by atoms with Gasteiger partial charge < -0.3 is 22.2 Å². The number of rotatable bonds is 5. The summed E-state index contributed by atoms with van der Waals surface area (Å²) < 4.78 is 26.1. The number of hydrogen-bond acceptors (Lipinski definition) is 9. The van der Waals surface area contributed by atoms with Crippen LogP contribution in [0.25, 0.3) is 99.8 Å². The highest BCUT2D eigenvalue weighted by molar-refractivity contribution is 7.13. The lowest BCUT2D eigenvalue weighted by Crippen LogP contribution is -2.04. The topological polar surface area (TPSA) is 109 Å². The normalized spacial score (nSPS) is 14.3. The maximum absolute atomic E-state index is 6.44. The summed E-state index contributed by atoms with van der Waals surface area (Å²) in [4.78, 5) is 1.25. The van der Waals surface area contributed by atoms with Gasteiger partial charge in [-0.1, -0.05) is 18.2 Å². The molecule has 0 fully saturated rings. The molecule has 0 amide bonds. The molecule has 0 N–H and O–H groups in total. The van der Waals surface area contributed by atoms with Crippen molar-refractivity contribution < 1.29 is 17.7 Å². The van der Waals surface area contributed by atoms with Crippen LogP contribution in [-0.2, 0) is 6.42 Å². The standard InChI is InChI=1S/C44H25N5O4S/c1-2-42(54-15-1)26-7-13-40-34(18-26)32-16-24(5-11-38(32)52-40)25-6-12-39-33(17-25)35-21-29(8-14-41(35)53-39)49-36-9-3-27(43-47-45-22-50-43)19-30(36)31-20-28(4-10-37(31)49)44-48-46-23-51-44/h1-16,18-23,25H,17H2. The second-order valence-corrected chi connectivity index (χ2v) is 14.6. The number of allylic oxidation sites excluding steroid dienone is 1. The third-order valence-corrected chi connectivity index (χ3v) is 11.6. The highest BCUT2D eigenvalue weighted by Crippen LogP contribution is 2.42. The fourth-order valence-corrected chi connectivity index (χ4v) is 8.87. The fourth-order valence-electron chi connectivity index (χ4n) is 8.15. The molecule has 9 nitrogen and oxygen atoms in total. The molecule has 54 heavy (non-hydrogen) atoms. The molecule has 0 aliphatic heterocycles. The van der Waals surface area contributed by atoms with Gasteiger partial charge in [0.2, 0.25) is 24.6 Å². The minimum atomic E-state index is 0.177. The molecule has 6 aromatic heterocycles. The van der Waals surface area contributed by atoms with E-state index < -0.39 is 0 Å². The Balaban J connectivity index is 0.968. The Morgan fingerprint density at radius 3 is 1.98 bits per heavy atom. The SMILES string of the molecule is C1=CC(c2ccc3oc4ccc(-c5cccs5)cc4c3c2)Cc2c1oc1ccc(-n3c4ccc(-c5nnco5)cc4c4cc(-c5nnco5)ccc43)cc21. The molecule has 6 heterocycles. The Kier molecular flexibility index (Phi) is 6.14. The monoisotopic (exact) mass is 719 g/mol. The lowest BCUT2D eigenvalue weighted by Gasteiger charge is -2.17. The minimum absolute atomic E-state index is 0.177. The summed E-state index contributed by atoms with van der Waals surface area (Å²) in [7, 11) is 0. The van der Waals surface area contributed by atoms with E-state index in [1.165, 1.54) is 34.4 Å². The summed E-state index contributed by atoms with van der Waals surface area (Å²) in [6.07, 6.45) is 7.90. The molecule has 12 rings (SSSR count). The summed E-state index contributed by atoms with van der Waals surface area (Å²) in [6, 6.07) is 36.2. The fraction of sp³-hybridized carbons (Fsp3) is 0.0455. The van der Waals surface area contributed by atoms with Gasteiger partial charge in [0.15, 0.2) is 0 Å². The summed E-state index contributed by atoms with van der Waals surface area (Å²) >= 11 is 1.75. The summed E-state index contributed by atoms with van der Waals surface area (Å²) in [5.41, 5.74) is 11.1. The van der Waals surface area contributed by atoms with E-state index >= 15 is 0 Å². The number of benzene rings is 5. The molecule has 0 spiro atoms. The first kappa shape index (κ1) is 29.5. The maximum atomic E-state index is 6.44. The highest BCUT2D eigenvalue weighted by Gasteiger charge is 2.24. The molecule has 0 radical (unpaired) electrons. The molecule has 5 aromatic carbocycles. The van der Waals surface area contributed by atoms with Crippen LogP contribution in [0.15, 0.2) is 145 Å². The molecule has 1 atom stereocenters. The predicted molar refractivity (Wildman–Crippen MR) is 210 cm³/mol. The average molecular weight is 720 g/mol. The number of aromatic nitrogens is 5. The van der Waals surface area contributed by atoms with Crippen LogP contribution < -0.4 is 0 Å². The molecule has 1 aliphatic rings. The van der Waals surface area contributed by atoms with Gasteiger partial charge in [0, 0.05) is 60.1 Å². The van der Waals surface area contributed by atoms with Crippen LogP contribution >= 0.6 is 11.3 Å². The van der Waals surface area contributed by atoms with E-state index in [0.29, 0.717) is 11.8 Å². The van der Waals surface area contributed by atoms with Crippen LogP contribution in [0, 0.1) is 0 Å². The summed E-state index contributed by atoms with van der Waals surface area (Å²) in [6.45, 7) is 0. The average Bonchev–Trinajstić information content (AvgIpc) is 4.08. The third kappa shape index (κ3) is 4.44. The van der Waals surface area contributed by atoms with Gasteiger partial charge in [-0.05, 0) is 120 Å². The van der Waals surface area contributed by atoms with Crippen LogP contribution in [0.4, 0.5) is 0 Å². The van der Waals surface area contributed by atoms with Gasteiger partial charge in [0.25, 0.3) is 0 Å². The van der Waals surface area contributed by atoms with Crippen LogP contribution in [0.3, 0.4) is 0 Å². The van der Waals surface area contributed by atoms with Crippen LogP contribution in [-0.4, -0.2) is 25.0 Å². The Morgan fingerprint density at radius 2 is 1.28 bits per heavy atom. The lowest BCUT2D eigenvalue weighted by atomic mass is 9.86. The molecule has 256 valence electrons. The van der Waals surface area contributed by atoms with E-state index in [1.807, 2.05) is 12.1 Å². The molecular weight excluding hydrogens is 695 g/mol. The van der Waals surface area contributed by atoms with Crippen LogP contribution in [0.1, 0.15) is 22.8 Å². The summed E-state index contributed by atoms with van der Waals surface area (Å²) in [5.74, 6) is 2.01. The molecule has 11 aromatic rings. The van der Waals surface area contributed by atoms with Crippen molar-refractivity contribution in [3.05, 3.63) is 144 Å². The van der Waals surface area contributed by atoms with Crippen molar-refractivity contribution >= 4 is 72.1 Å². The second kappa shape index (κ2) is 11.2. The Hall–Kier alpha value is -7.04. The Labute approximate surface area is 309 Å². The smallest absolute Gasteiger partial charge is 0.247 e. The summed E-state index contributed by atoms with van der Waals surface area (Å²) in [5, 5.41) is 23.6. The minimum Gasteiger partial charge on any atom is -0.456 e. The van der Waals surface area contributed by atoms with Crippen molar-refractivity contribution in [1.82, 2.24) is 25.0 Å². The first-order valence-electron chi connectivity index (χ1n) is 17.6. The number of furan rings is 2. The van der Waals surface area contributed by atoms with Gasteiger partial charge in [0.1, 0.15) is 22.5 Å². The molecular formula is C44H25N5O4S. The zero-order valence-corrected chi connectivity index (χ0v) is 29.1. The van der Waals surface area contributed by atoms with Crippen molar-refractivity contribution in [2.45, 2.75) is 12.3 Å². The number of fused-ring (bicyclic) bond motifs is 9. The van der Waals surface area contributed by atoms with Gasteiger partial charge in [-0.15, -0.1) is 31.7 Å². The van der Waals surface area contributed by atoms with E-state index in [4.69, 9.17) is 17.7 Å². The van der Waals surface area contributed by atoms with Crippen molar-refractivity contribution in [3.63, 3.8) is 0 Å². The number of thiophene rings is 1. The van der Waals surface area contributed by atoms with Crippen LogP contribution in [0.2, 0.25) is 0 Å². The first-order chi connectivity index (χ1) is 26.7. The molecule has 1 aliphatic carbocycles. The third-order valence-electron chi connectivity index (χ3n) is 10.7. The van der Waals surface area contributed by atoms with Gasteiger partial charge >= 0.3 is 0 Å². The number of nitrogens with zero attached hydrogens (tertiary/aromatic N) is 5. The van der Waals surface area contributed by atoms with E-state index in [-0.39, 0.29) is 5.92 Å². The van der Waals surface area contributed by atoms with E-state index in [1.54, 1.807) is 11.3 Å². The van der Waals surface area contributed by atoms with E-state index in [9.17, 15) is 0 Å². The molecule has 10 heteroatoms. The molecule has 0 saturated heterocycles. The molecule has 1 unspecified atom stereocenters. The lowest BCUT2D eigenvalue weighted by molar-refractivity contribution is 0.568. The van der Waals surface area contributed by atoms with Gasteiger partial charge in [-0.25, -0.2) is 0 Å². The predicted octanol–water partition coefficient (Wildman–Crippen LogP) is 11.6. The van der Waals surface area contributed by atoms with Gasteiger partial charge in [-0.3, -0.25) is 0 Å². The second-order valence-electron chi connectivity index (χ2n) is 13.6. The Morgan fingerprint density at radius 1 is 0.611 bits per heavy atom. The quantitative estimate of drug-likeness (QED) is 0.173. The van der Waals surface area contributed by atoms with E-state index in [0.717, 1.165) is 83.7 Å². The van der Waals surface area contributed by atoms with Gasteiger partial charge in [-0.2, -0.15) is 0 Å². The van der Waals surface area contributed by atoms with Crippen molar-refractivity contribution in [2.24, 2.45) is 0 Å². The number of hydrogen-bond donors (Lipinski definition) is 0. The van der Waals surface area contributed by atoms with E-state index in [2.05, 4.69) is 133 Å². The zero-order chi connectivity index (χ0) is 35.3. The van der Waals surface area contributed by atoms with Crippen molar-refractivity contribution in [1.29, 1.82) is 0 Å². The molecule has 0 saturated carbocycles. The zero-order valence-electron chi connectivity index (χ0n) is 28.3. The van der Waals surface area contributed by atoms with Crippen molar-refractivity contribution in [2.75, 3.05) is 0 Å².